The molecular weight excluding hydrogens is 181 g/mol. The minimum absolute atomic E-state index is 0.0835. The quantitative estimate of drug-likeness (QED) is 0.287. The molecule has 0 rings (SSSR count). The van der Waals surface area contributed by atoms with Crippen molar-refractivity contribution < 1.29 is 0 Å². The number of halogens is 2. The van der Waals surface area contributed by atoms with E-state index < -0.39 is 4.84 Å². The number of nitrogens with one attached hydrogen (secondary N) is 1. The first-order chi connectivity index (χ1) is 4.13. The second kappa shape index (κ2) is 4.78. The minimum atomic E-state index is -0.633. The second-order valence-corrected chi connectivity index (χ2v) is 2.69. The maximum atomic E-state index is 5.25. The van der Waals surface area contributed by atoms with Crippen LogP contribution in [0.1, 0.15) is 0 Å². The monoisotopic (exact) mass is 185 g/mol. The summed E-state index contributed by atoms with van der Waals surface area (Å²) in [5.41, 5.74) is 7.29. The van der Waals surface area contributed by atoms with Crippen LogP contribution in [-0.4, -0.2) is 16.2 Å². The van der Waals surface area contributed by atoms with Gasteiger partial charge in [-0.2, -0.15) is 5.10 Å². The third kappa shape index (κ3) is 7.94. The number of hydrogen-bond acceptors (Lipinski definition) is 2. The first-order valence-electron chi connectivity index (χ1n) is 1.99. The van der Waals surface area contributed by atoms with Crippen molar-refractivity contribution in [2.45, 2.75) is 4.84 Å². The van der Waals surface area contributed by atoms with Gasteiger partial charge in [-0.3, -0.25) is 5.43 Å². The summed E-state index contributed by atoms with van der Waals surface area (Å²) in [6, 6.07) is 0. The predicted molar refractivity (Wildman–Crippen MR) is 43.9 cm³/mol. The predicted octanol–water partition coefficient (Wildman–Crippen LogP) is 0.609. The lowest BCUT2D eigenvalue weighted by atomic mass is 10.9. The molecule has 0 aromatic rings. The Morgan fingerprint density at radius 2 is 2.33 bits per heavy atom. The number of alkyl halides is 2. The van der Waals surface area contributed by atoms with Gasteiger partial charge in [-0.15, -0.1) is 0 Å². The standard InChI is InChI=1S/C3H5Cl2N3S/c4-2(5)1-7-8-3(6)9/h1-2H,(H3,6,8,9)/b7-1-. The highest BCUT2D eigenvalue weighted by molar-refractivity contribution is 7.80. The Balaban J connectivity index is 3.36. The van der Waals surface area contributed by atoms with Gasteiger partial charge in [0.25, 0.3) is 0 Å². The summed E-state index contributed by atoms with van der Waals surface area (Å²) in [6.45, 7) is 0. The van der Waals surface area contributed by atoms with Gasteiger partial charge in [-0.05, 0) is 12.2 Å². The molecule has 0 aromatic heterocycles. The Bertz CT molecular complexity index is 124. The van der Waals surface area contributed by atoms with Crippen LogP contribution in [0.5, 0.6) is 0 Å². The number of nitrogens with two attached hydrogens (primary N) is 1. The van der Waals surface area contributed by atoms with Crippen molar-refractivity contribution >= 4 is 46.7 Å². The van der Waals surface area contributed by atoms with Crippen molar-refractivity contribution in [3.8, 4) is 0 Å². The largest absolute Gasteiger partial charge is 0.375 e. The van der Waals surface area contributed by atoms with Gasteiger partial charge in [-0.1, -0.05) is 23.2 Å². The van der Waals surface area contributed by atoms with E-state index in [0.717, 1.165) is 0 Å². The lowest BCUT2D eigenvalue weighted by Gasteiger charge is -1.92. The van der Waals surface area contributed by atoms with Gasteiger partial charge in [0.05, 0.1) is 6.21 Å². The van der Waals surface area contributed by atoms with Gasteiger partial charge in [0.1, 0.15) is 4.84 Å². The number of thiocarbonyl (C=S) groups is 1. The van der Waals surface area contributed by atoms with E-state index in [0.29, 0.717) is 0 Å². The van der Waals surface area contributed by atoms with E-state index in [9.17, 15) is 0 Å². The molecule has 0 spiro atoms. The van der Waals surface area contributed by atoms with Crippen molar-refractivity contribution in [2.75, 3.05) is 0 Å². The summed E-state index contributed by atoms with van der Waals surface area (Å²) in [5.74, 6) is 0. The second-order valence-electron chi connectivity index (χ2n) is 1.09. The molecule has 3 nitrogen and oxygen atoms in total. The molecule has 9 heavy (non-hydrogen) atoms. The van der Waals surface area contributed by atoms with Crippen molar-refractivity contribution in [2.24, 2.45) is 10.8 Å². The minimum Gasteiger partial charge on any atom is -0.375 e. The van der Waals surface area contributed by atoms with E-state index in [4.69, 9.17) is 28.9 Å². The van der Waals surface area contributed by atoms with Crippen LogP contribution in [0.3, 0.4) is 0 Å². The molecule has 0 aliphatic heterocycles. The lowest BCUT2D eigenvalue weighted by Crippen LogP contribution is -2.24. The van der Waals surface area contributed by atoms with Gasteiger partial charge in [0.2, 0.25) is 0 Å². The Morgan fingerprint density at radius 1 is 1.78 bits per heavy atom. The molecule has 0 aliphatic rings. The van der Waals surface area contributed by atoms with E-state index in [2.05, 4.69) is 22.7 Å². The van der Waals surface area contributed by atoms with Gasteiger partial charge in [0, 0.05) is 0 Å². The van der Waals surface area contributed by atoms with Crippen LogP contribution in [-0.2, 0) is 0 Å². The molecule has 0 aromatic carbocycles. The highest BCUT2D eigenvalue weighted by atomic mass is 35.5. The Labute approximate surface area is 68.2 Å². The topological polar surface area (TPSA) is 50.4 Å². The zero-order chi connectivity index (χ0) is 7.28. The van der Waals surface area contributed by atoms with Gasteiger partial charge in [0.15, 0.2) is 5.11 Å². The molecule has 52 valence electrons. The van der Waals surface area contributed by atoms with Crippen LogP contribution in [0.2, 0.25) is 0 Å². The van der Waals surface area contributed by atoms with E-state index >= 15 is 0 Å². The number of rotatable bonds is 2. The SMILES string of the molecule is NC(=S)N/N=C\C(Cl)Cl. The van der Waals surface area contributed by atoms with Crippen LogP contribution in [0, 0.1) is 0 Å². The van der Waals surface area contributed by atoms with Crippen LogP contribution in [0.15, 0.2) is 5.10 Å². The van der Waals surface area contributed by atoms with Crippen molar-refractivity contribution in [3.63, 3.8) is 0 Å². The molecule has 0 heterocycles. The first kappa shape index (κ1) is 8.94. The molecule has 0 saturated carbocycles. The molecule has 0 radical (unpaired) electrons. The fourth-order valence-electron chi connectivity index (χ4n) is 0.157. The van der Waals surface area contributed by atoms with Gasteiger partial charge in [-0.25, -0.2) is 0 Å². The van der Waals surface area contributed by atoms with Crippen molar-refractivity contribution in [1.82, 2.24) is 5.43 Å². The average Bonchev–Trinajstić information content (AvgIpc) is 1.63. The lowest BCUT2D eigenvalue weighted by molar-refractivity contribution is 1.04. The number of hydrogen-bond donors (Lipinski definition) is 2. The van der Waals surface area contributed by atoms with Crippen LogP contribution in [0.25, 0.3) is 0 Å². The molecule has 0 aliphatic carbocycles. The third-order valence-corrected chi connectivity index (χ3v) is 0.679. The normalized spacial score (nSPS) is 10.6. The van der Waals surface area contributed by atoms with Gasteiger partial charge < -0.3 is 5.73 Å². The molecule has 0 unspecified atom stereocenters. The van der Waals surface area contributed by atoms with Crippen molar-refractivity contribution in [3.05, 3.63) is 0 Å². The maximum absolute atomic E-state index is 5.25. The number of nitrogens with zero attached hydrogens (tertiary/aromatic N) is 1. The van der Waals surface area contributed by atoms with E-state index in [1.165, 1.54) is 6.21 Å². The summed E-state index contributed by atoms with van der Waals surface area (Å²) in [4.78, 5) is -0.633. The zero-order valence-electron chi connectivity index (χ0n) is 4.34. The van der Waals surface area contributed by atoms with E-state index in [-0.39, 0.29) is 5.11 Å². The van der Waals surface area contributed by atoms with Crippen molar-refractivity contribution in [1.29, 1.82) is 0 Å². The summed E-state index contributed by atoms with van der Waals surface area (Å²) >= 11 is 14.9. The highest BCUT2D eigenvalue weighted by Crippen LogP contribution is 1.94. The summed E-state index contributed by atoms with van der Waals surface area (Å²) in [5, 5.41) is 3.55. The van der Waals surface area contributed by atoms with E-state index in [1.807, 2.05) is 0 Å². The van der Waals surface area contributed by atoms with Gasteiger partial charge >= 0.3 is 0 Å². The number of hydrazone groups is 1. The smallest absolute Gasteiger partial charge is 0.184 e. The fraction of sp³-hybridized carbons (Fsp3) is 0.333. The molecular formula is C3H5Cl2N3S. The third-order valence-electron chi connectivity index (χ3n) is 0.362. The molecule has 0 fully saturated rings. The Hall–Kier alpha value is -0.0600. The van der Waals surface area contributed by atoms with Crippen LogP contribution in [0.4, 0.5) is 0 Å². The van der Waals surface area contributed by atoms with Crippen LogP contribution >= 0.6 is 35.4 Å². The Kier molecular flexibility index (Phi) is 4.75. The van der Waals surface area contributed by atoms with E-state index in [1.54, 1.807) is 0 Å². The fourth-order valence-corrected chi connectivity index (χ4v) is 0.323. The molecule has 0 atom stereocenters. The average molecular weight is 186 g/mol. The Morgan fingerprint density at radius 3 is 2.67 bits per heavy atom. The molecule has 0 saturated heterocycles. The molecule has 3 N–H and O–H groups in total. The molecule has 0 amide bonds. The zero-order valence-corrected chi connectivity index (χ0v) is 6.67. The summed E-state index contributed by atoms with van der Waals surface area (Å²) in [6.07, 6.45) is 1.27. The molecule has 6 heteroatoms. The maximum Gasteiger partial charge on any atom is 0.184 e. The highest BCUT2D eigenvalue weighted by Gasteiger charge is 1.88. The van der Waals surface area contributed by atoms with Crippen LogP contribution < -0.4 is 11.2 Å². The molecule has 0 bridgehead atoms. The summed E-state index contributed by atoms with van der Waals surface area (Å²) < 4.78 is 0. The first-order valence-corrected chi connectivity index (χ1v) is 3.28. The summed E-state index contributed by atoms with van der Waals surface area (Å²) in [7, 11) is 0.